The van der Waals surface area contributed by atoms with E-state index in [0.717, 1.165) is 33.3 Å². The molecule has 0 fully saturated rings. The maximum Gasteiger partial charge on any atom is 0.0379 e. The molecule has 0 aliphatic rings. The molecule has 0 saturated carbocycles. The van der Waals surface area contributed by atoms with Gasteiger partial charge in [-0.2, -0.15) is 0 Å². The molecular weight excluding hydrogens is 612 g/mol. The predicted octanol–water partition coefficient (Wildman–Crippen LogP) is 7.85. The van der Waals surface area contributed by atoms with E-state index in [9.17, 15) is 4.39 Å². The Labute approximate surface area is 217 Å². The number of rotatable bonds is 2. The molecule has 0 aliphatic heterocycles. The third kappa shape index (κ3) is 5.51. The Balaban J connectivity index is 0.000000179. The topological polar surface area (TPSA) is 25.8 Å². The van der Waals surface area contributed by atoms with Crippen LogP contribution in [-0.2, 0) is 20.1 Å². The van der Waals surface area contributed by atoms with Gasteiger partial charge < -0.3 is 9.97 Å². The van der Waals surface area contributed by atoms with Gasteiger partial charge >= 0.3 is 0 Å². The number of halogens is 1. The van der Waals surface area contributed by atoms with Gasteiger partial charge in [-0.15, -0.1) is 65.2 Å². The number of nitrogens with zero attached hydrogens (tertiary/aromatic N) is 2. The Morgan fingerprint density at radius 1 is 0.629 bits per heavy atom. The van der Waals surface area contributed by atoms with Crippen LogP contribution in [0.1, 0.15) is 5.56 Å². The van der Waals surface area contributed by atoms with E-state index < -0.39 is 0 Å². The molecule has 0 bridgehead atoms. The molecule has 173 valence electrons. The molecule has 0 saturated heterocycles. The average Bonchev–Trinajstić information content (AvgIpc) is 2.90. The molecule has 35 heavy (non-hydrogen) atoms. The van der Waals surface area contributed by atoms with Crippen LogP contribution >= 0.6 is 0 Å². The van der Waals surface area contributed by atoms with E-state index in [0.29, 0.717) is 0 Å². The van der Waals surface area contributed by atoms with Crippen LogP contribution in [0.25, 0.3) is 44.1 Å². The summed E-state index contributed by atoms with van der Waals surface area (Å²) in [6.45, 7) is 2.05. The summed E-state index contributed by atoms with van der Waals surface area (Å²) in [5.41, 5.74) is 4.88. The van der Waals surface area contributed by atoms with E-state index in [4.69, 9.17) is 0 Å². The number of pyridine rings is 2. The van der Waals surface area contributed by atoms with Gasteiger partial charge in [-0.3, -0.25) is 4.39 Å². The fraction of sp³-hybridized carbons (Fsp3) is 0.0323. The van der Waals surface area contributed by atoms with Gasteiger partial charge in [0.05, 0.1) is 0 Å². The van der Waals surface area contributed by atoms with Crippen LogP contribution in [0.3, 0.4) is 0 Å². The molecule has 0 aliphatic carbocycles. The monoisotopic (exact) mass is 633 g/mol. The first kappa shape index (κ1) is 24.4. The minimum atomic E-state index is -0.288. The van der Waals surface area contributed by atoms with E-state index in [-0.39, 0.29) is 25.9 Å². The number of hydrogen-bond acceptors (Lipinski definition) is 2. The molecule has 4 heteroatoms. The van der Waals surface area contributed by atoms with Crippen molar-refractivity contribution in [1.29, 1.82) is 0 Å². The molecule has 0 spiro atoms. The van der Waals surface area contributed by atoms with Crippen molar-refractivity contribution in [1.82, 2.24) is 9.97 Å². The maximum absolute atomic E-state index is 13.1. The van der Waals surface area contributed by atoms with E-state index in [1.54, 1.807) is 18.5 Å². The molecular formula is C31H21FIrN2-2. The third-order valence-electron chi connectivity index (χ3n) is 5.61. The zero-order chi connectivity index (χ0) is 23.3. The third-order valence-corrected chi connectivity index (χ3v) is 5.61. The van der Waals surface area contributed by atoms with Crippen molar-refractivity contribution in [3.05, 3.63) is 133 Å². The van der Waals surface area contributed by atoms with Crippen LogP contribution in [-0.4, -0.2) is 9.97 Å². The number of fused-ring (bicyclic) bond motifs is 3. The van der Waals surface area contributed by atoms with Crippen LogP contribution in [0, 0.1) is 24.9 Å². The van der Waals surface area contributed by atoms with Crippen LogP contribution in [0.15, 0.2) is 109 Å². The number of aromatic nitrogens is 2. The molecule has 0 amide bonds. The molecule has 6 rings (SSSR count). The van der Waals surface area contributed by atoms with Crippen molar-refractivity contribution < 1.29 is 24.5 Å². The fourth-order valence-corrected chi connectivity index (χ4v) is 3.89. The van der Waals surface area contributed by atoms with Crippen LogP contribution < -0.4 is 0 Å². The van der Waals surface area contributed by atoms with Crippen molar-refractivity contribution in [3.8, 4) is 22.5 Å². The van der Waals surface area contributed by atoms with Gasteiger partial charge in [0.15, 0.2) is 0 Å². The van der Waals surface area contributed by atoms with Gasteiger partial charge in [0, 0.05) is 38.3 Å². The summed E-state index contributed by atoms with van der Waals surface area (Å²) in [6, 6.07) is 37.1. The first-order valence-electron chi connectivity index (χ1n) is 11.0. The predicted molar refractivity (Wildman–Crippen MR) is 137 cm³/mol. The normalized spacial score (nSPS) is 10.3. The second-order valence-electron chi connectivity index (χ2n) is 7.96. The van der Waals surface area contributed by atoms with Gasteiger partial charge in [0.25, 0.3) is 0 Å². The molecule has 0 N–H and O–H groups in total. The summed E-state index contributed by atoms with van der Waals surface area (Å²) >= 11 is 0. The minimum Gasteiger partial charge on any atom is -0.305 e. The molecule has 2 nitrogen and oxygen atoms in total. The SMILES string of the molecule is Cc1c[c-]c(-c2ccccn2)cc1.Fc1c[c-]c(-c2nccc3c2ccc2ccccc23)cc1.[Ir]. The van der Waals surface area contributed by atoms with Crippen molar-refractivity contribution in [2.45, 2.75) is 6.92 Å². The summed E-state index contributed by atoms with van der Waals surface area (Å²) in [7, 11) is 0. The van der Waals surface area contributed by atoms with Gasteiger partial charge in [-0.05, 0) is 45.1 Å². The molecule has 0 atom stereocenters. The van der Waals surface area contributed by atoms with Gasteiger partial charge in [0.2, 0.25) is 0 Å². The van der Waals surface area contributed by atoms with E-state index in [1.165, 1.54) is 28.5 Å². The van der Waals surface area contributed by atoms with E-state index >= 15 is 0 Å². The van der Waals surface area contributed by atoms with Crippen LogP contribution in [0.5, 0.6) is 0 Å². The smallest absolute Gasteiger partial charge is 0.0379 e. The average molecular weight is 633 g/mol. The first-order chi connectivity index (χ1) is 16.7. The fourth-order valence-electron chi connectivity index (χ4n) is 3.89. The Morgan fingerprint density at radius 2 is 1.43 bits per heavy atom. The summed E-state index contributed by atoms with van der Waals surface area (Å²) in [5.74, 6) is -0.288. The largest absolute Gasteiger partial charge is 0.305 e. The zero-order valence-corrected chi connectivity index (χ0v) is 21.4. The molecule has 6 aromatic rings. The Hall–Kier alpha value is -3.72. The molecule has 2 heterocycles. The van der Waals surface area contributed by atoms with Crippen LogP contribution in [0.2, 0.25) is 0 Å². The molecule has 4 aromatic carbocycles. The van der Waals surface area contributed by atoms with E-state index in [2.05, 4.69) is 59.4 Å². The van der Waals surface area contributed by atoms with Crippen molar-refractivity contribution in [3.63, 3.8) is 0 Å². The molecule has 1 radical (unpaired) electrons. The quantitative estimate of drug-likeness (QED) is 0.144. The number of aryl methyl sites for hydroxylation is 1. The minimum absolute atomic E-state index is 0. The summed E-state index contributed by atoms with van der Waals surface area (Å²) in [4.78, 5) is 8.71. The Morgan fingerprint density at radius 3 is 2.17 bits per heavy atom. The van der Waals surface area contributed by atoms with Gasteiger partial charge in [-0.1, -0.05) is 55.5 Å². The maximum atomic E-state index is 13.1. The van der Waals surface area contributed by atoms with Gasteiger partial charge in [0.1, 0.15) is 0 Å². The van der Waals surface area contributed by atoms with Crippen LogP contribution in [0.4, 0.5) is 4.39 Å². The van der Waals surface area contributed by atoms with Gasteiger partial charge in [-0.25, -0.2) is 0 Å². The second-order valence-corrected chi connectivity index (χ2v) is 7.96. The second kappa shape index (κ2) is 11.1. The summed E-state index contributed by atoms with van der Waals surface area (Å²) < 4.78 is 13.1. The van der Waals surface area contributed by atoms with E-state index in [1.807, 2.05) is 48.5 Å². The summed E-state index contributed by atoms with van der Waals surface area (Å²) in [5, 5.41) is 4.60. The van der Waals surface area contributed by atoms with Crippen molar-refractivity contribution in [2.24, 2.45) is 0 Å². The zero-order valence-electron chi connectivity index (χ0n) is 19.0. The Kier molecular flexibility index (Phi) is 7.77. The standard InChI is InChI=1S/C19H11FN.C12H10N.Ir/c20-15-8-5-14(6-9-15)19-18-10-7-13-3-1-2-4-16(13)17(18)11-12-21-19;1-10-5-7-11(8-6-10)12-4-2-3-9-13-12;/h1-5,7-12H;2-7,9H,1H3;/q2*-1;. The summed E-state index contributed by atoms with van der Waals surface area (Å²) in [6.07, 6.45) is 3.59. The number of benzene rings is 4. The number of hydrogen-bond donors (Lipinski definition) is 0. The van der Waals surface area contributed by atoms with Crippen molar-refractivity contribution >= 4 is 21.5 Å². The Bertz CT molecular complexity index is 1550. The molecule has 0 unspecified atom stereocenters. The molecule has 2 aromatic heterocycles. The van der Waals surface area contributed by atoms with Crippen molar-refractivity contribution in [2.75, 3.05) is 0 Å². The first-order valence-corrected chi connectivity index (χ1v) is 11.0.